The van der Waals surface area contributed by atoms with E-state index in [1.165, 1.54) is 12.8 Å². The number of rotatable bonds is 4. The zero-order valence-corrected chi connectivity index (χ0v) is 12.4. The summed E-state index contributed by atoms with van der Waals surface area (Å²) < 4.78 is 5.36. The van der Waals surface area contributed by atoms with Crippen LogP contribution in [0.5, 0.6) is 0 Å². The van der Waals surface area contributed by atoms with Crippen LogP contribution >= 0.6 is 0 Å². The Morgan fingerprint density at radius 1 is 1.27 bits per heavy atom. The molecule has 2 aromatic rings. The van der Waals surface area contributed by atoms with E-state index < -0.39 is 0 Å². The second-order valence-electron chi connectivity index (χ2n) is 6.05. The molecule has 0 aromatic carbocycles. The van der Waals surface area contributed by atoms with Gasteiger partial charge in [0.05, 0.1) is 18.1 Å². The van der Waals surface area contributed by atoms with Gasteiger partial charge in [-0.2, -0.15) is 0 Å². The number of amides is 1. The van der Waals surface area contributed by atoms with Crippen LogP contribution in [0, 0.1) is 5.92 Å². The Morgan fingerprint density at radius 2 is 2.14 bits per heavy atom. The van der Waals surface area contributed by atoms with Crippen LogP contribution in [0.4, 0.5) is 11.5 Å². The van der Waals surface area contributed by atoms with Crippen molar-refractivity contribution in [3.63, 3.8) is 0 Å². The van der Waals surface area contributed by atoms with Gasteiger partial charge >= 0.3 is 0 Å². The lowest BCUT2D eigenvalue weighted by Crippen LogP contribution is -2.19. The summed E-state index contributed by atoms with van der Waals surface area (Å²) >= 11 is 0. The summed E-state index contributed by atoms with van der Waals surface area (Å²) in [5.74, 6) is 2.20. The highest BCUT2D eigenvalue weighted by Crippen LogP contribution is 2.48. The standard InChI is InChI=1S/C17H19N3O2/c21-17(14-10-13(14)15-4-3-9-22-15)19-12-5-6-16(18-11-12)20-7-1-2-8-20/h3-6,9,11,13-14H,1-2,7-8,10H2,(H,19,21). The fraction of sp³-hybridized carbons (Fsp3) is 0.412. The van der Waals surface area contributed by atoms with Gasteiger partial charge in [-0.3, -0.25) is 4.79 Å². The number of hydrogen-bond donors (Lipinski definition) is 1. The van der Waals surface area contributed by atoms with Gasteiger partial charge < -0.3 is 14.6 Å². The second-order valence-corrected chi connectivity index (χ2v) is 6.05. The molecule has 2 aliphatic rings. The Bertz CT molecular complexity index is 645. The molecule has 1 saturated carbocycles. The second kappa shape index (κ2) is 5.48. The Kier molecular flexibility index (Phi) is 3.33. The van der Waals surface area contributed by atoms with E-state index in [0.717, 1.165) is 36.8 Å². The van der Waals surface area contributed by atoms with Crippen LogP contribution in [-0.2, 0) is 4.79 Å². The molecule has 2 fully saturated rings. The predicted molar refractivity (Wildman–Crippen MR) is 83.9 cm³/mol. The fourth-order valence-electron chi connectivity index (χ4n) is 3.13. The van der Waals surface area contributed by atoms with Gasteiger partial charge in [-0.15, -0.1) is 0 Å². The molecule has 1 N–H and O–H groups in total. The lowest BCUT2D eigenvalue weighted by atomic mass is 10.2. The van der Waals surface area contributed by atoms with E-state index in [-0.39, 0.29) is 17.7 Å². The molecule has 5 nitrogen and oxygen atoms in total. The molecule has 1 amide bonds. The molecule has 1 aliphatic heterocycles. The van der Waals surface area contributed by atoms with Gasteiger partial charge in [0.2, 0.25) is 5.91 Å². The van der Waals surface area contributed by atoms with E-state index in [4.69, 9.17) is 4.42 Å². The number of anilines is 2. The molecule has 2 atom stereocenters. The zero-order valence-electron chi connectivity index (χ0n) is 12.4. The topological polar surface area (TPSA) is 58.4 Å². The van der Waals surface area contributed by atoms with Gasteiger partial charge in [-0.25, -0.2) is 4.98 Å². The molecule has 2 unspecified atom stereocenters. The lowest BCUT2D eigenvalue weighted by molar-refractivity contribution is -0.117. The minimum atomic E-state index is 0.0180. The van der Waals surface area contributed by atoms with Crippen molar-refractivity contribution in [3.8, 4) is 0 Å². The largest absolute Gasteiger partial charge is 0.469 e. The SMILES string of the molecule is O=C(Nc1ccc(N2CCCC2)nc1)C1CC1c1ccco1. The van der Waals surface area contributed by atoms with E-state index in [9.17, 15) is 4.79 Å². The minimum absolute atomic E-state index is 0.0180. The molecule has 1 aliphatic carbocycles. The summed E-state index contributed by atoms with van der Waals surface area (Å²) in [6, 6.07) is 7.72. The Labute approximate surface area is 129 Å². The van der Waals surface area contributed by atoms with Crippen LogP contribution in [0.2, 0.25) is 0 Å². The van der Waals surface area contributed by atoms with Crippen LogP contribution in [0.15, 0.2) is 41.1 Å². The average molecular weight is 297 g/mol. The van der Waals surface area contributed by atoms with Crippen molar-refractivity contribution in [2.45, 2.75) is 25.2 Å². The molecule has 4 rings (SSSR count). The van der Waals surface area contributed by atoms with Crippen molar-refractivity contribution < 1.29 is 9.21 Å². The van der Waals surface area contributed by atoms with Crippen LogP contribution in [0.3, 0.4) is 0 Å². The maximum absolute atomic E-state index is 12.2. The summed E-state index contributed by atoms with van der Waals surface area (Å²) in [5.41, 5.74) is 0.762. The zero-order chi connectivity index (χ0) is 14.9. The van der Waals surface area contributed by atoms with Crippen molar-refractivity contribution in [1.29, 1.82) is 0 Å². The maximum Gasteiger partial charge on any atom is 0.228 e. The summed E-state index contributed by atoms with van der Waals surface area (Å²) in [6.07, 6.45) is 6.73. The van der Waals surface area contributed by atoms with E-state index in [1.54, 1.807) is 12.5 Å². The third-order valence-corrected chi connectivity index (χ3v) is 4.48. The summed E-state index contributed by atoms with van der Waals surface area (Å²) in [5, 5.41) is 2.95. The summed E-state index contributed by atoms with van der Waals surface area (Å²) in [6.45, 7) is 2.15. The van der Waals surface area contributed by atoms with Gasteiger partial charge in [-0.05, 0) is 43.5 Å². The van der Waals surface area contributed by atoms with E-state index >= 15 is 0 Å². The van der Waals surface area contributed by atoms with Crippen molar-refractivity contribution in [1.82, 2.24) is 4.98 Å². The Morgan fingerprint density at radius 3 is 2.82 bits per heavy atom. The molecular weight excluding hydrogens is 278 g/mol. The monoisotopic (exact) mass is 297 g/mol. The molecule has 1 saturated heterocycles. The van der Waals surface area contributed by atoms with Crippen LogP contribution in [-0.4, -0.2) is 24.0 Å². The molecule has 0 spiro atoms. The highest BCUT2D eigenvalue weighted by molar-refractivity contribution is 5.95. The van der Waals surface area contributed by atoms with Gasteiger partial charge in [0.25, 0.3) is 0 Å². The number of hydrogen-bond acceptors (Lipinski definition) is 4. The van der Waals surface area contributed by atoms with Crippen molar-refractivity contribution in [2.75, 3.05) is 23.3 Å². The van der Waals surface area contributed by atoms with E-state index in [0.29, 0.717) is 0 Å². The highest BCUT2D eigenvalue weighted by Gasteiger charge is 2.45. The number of pyridine rings is 1. The molecular formula is C17H19N3O2. The average Bonchev–Trinajstić information content (AvgIpc) is 2.97. The number of nitrogens with one attached hydrogen (secondary N) is 1. The molecule has 3 heterocycles. The van der Waals surface area contributed by atoms with Crippen molar-refractivity contribution >= 4 is 17.4 Å². The predicted octanol–water partition coefficient (Wildman–Crippen LogP) is 3.02. The number of carbonyl (C=O) groups is 1. The van der Waals surface area contributed by atoms with Crippen LogP contribution in [0.25, 0.3) is 0 Å². The normalized spacial score (nSPS) is 23.5. The maximum atomic E-state index is 12.2. The summed E-state index contributed by atoms with van der Waals surface area (Å²) in [7, 11) is 0. The molecule has 5 heteroatoms. The van der Waals surface area contributed by atoms with Crippen molar-refractivity contribution in [2.24, 2.45) is 5.92 Å². The Hall–Kier alpha value is -2.30. The number of nitrogens with zero attached hydrogens (tertiary/aromatic N) is 2. The molecule has 0 bridgehead atoms. The quantitative estimate of drug-likeness (QED) is 0.942. The number of carbonyl (C=O) groups excluding carboxylic acids is 1. The van der Waals surface area contributed by atoms with Crippen molar-refractivity contribution in [3.05, 3.63) is 42.5 Å². The van der Waals surface area contributed by atoms with Gasteiger partial charge in [0.15, 0.2) is 0 Å². The van der Waals surface area contributed by atoms with Crippen LogP contribution in [0.1, 0.15) is 30.9 Å². The molecule has 22 heavy (non-hydrogen) atoms. The van der Waals surface area contributed by atoms with Gasteiger partial charge in [-0.1, -0.05) is 0 Å². The Balaban J connectivity index is 1.36. The third-order valence-electron chi connectivity index (χ3n) is 4.48. The van der Waals surface area contributed by atoms with E-state index in [2.05, 4.69) is 15.2 Å². The molecule has 2 aromatic heterocycles. The number of aromatic nitrogens is 1. The van der Waals surface area contributed by atoms with Gasteiger partial charge in [0.1, 0.15) is 11.6 Å². The first-order chi connectivity index (χ1) is 10.8. The smallest absolute Gasteiger partial charge is 0.228 e. The van der Waals surface area contributed by atoms with Crippen LogP contribution < -0.4 is 10.2 Å². The van der Waals surface area contributed by atoms with Gasteiger partial charge in [0, 0.05) is 24.9 Å². The third kappa shape index (κ3) is 2.58. The first-order valence-corrected chi connectivity index (χ1v) is 7.86. The highest BCUT2D eigenvalue weighted by atomic mass is 16.3. The first-order valence-electron chi connectivity index (χ1n) is 7.86. The first kappa shape index (κ1) is 13.4. The molecule has 0 radical (unpaired) electrons. The fourth-order valence-corrected chi connectivity index (χ4v) is 3.13. The van der Waals surface area contributed by atoms with E-state index in [1.807, 2.05) is 24.3 Å². The minimum Gasteiger partial charge on any atom is -0.469 e. The molecule has 114 valence electrons. The lowest BCUT2D eigenvalue weighted by Gasteiger charge is -2.16. The summed E-state index contributed by atoms with van der Waals surface area (Å²) in [4.78, 5) is 19.0. The number of furan rings is 1.